The number of phenols is 1. The number of aromatic hydroxyl groups is 1. The predicted octanol–water partition coefficient (Wildman–Crippen LogP) is -3.94. The largest absolute Gasteiger partial charge is 1.00 e. The Morgan fingerprint density at radius 1 is 0.848 bits per heavy atom. The molecule has 2 aromatic rings. The van der Waals surface area contributed by atoms with Crippen LogP contribution in [0, 0.1) is 0 Å². The second-order valence-electron chi connectivity index (χ2n) is 5.62. The van der Waals surface area contributed by atoms with Crippen LogP contribution in [0.25, 0.3) is 4.91 Å². The van der Waals surface area contributed by atoms with Crippen LogP contribution in [-0.2, 0) is 37.6 Å². The number of ketones is 1. The minimum Gasteiger partial charge on any atom is -0.506 e. The van der Waals surface area contributed by atoms with E-state index in [1.165, 1.54) is 24.3 Å². The monoisotopic (exact) mass is 553 g/mol. The van der Waals surface area contributed by atoms with Crippen LogP contribution in [-0.4, -0.2) is 59.0 Å². The maximum Gasteiger partial charge on any atom is 1.00 e. The van der Waals surface area contributed by atoms with Crippen LogP contribution in [0.3, 0.4) is 0 Å². The van der Waals surface area contributed by atoms with Crippen molar-refractivity contribution in [1.82, 2.24) is 0 Å². The smallest absolute Gasteiger partial charge is 0.506 e. The first-order chi connectivity index (χ1) is 13.0. The summed E-state index contributed by atoms with van der Waals surface area (Å²) >= 11 is 0. The second-order valence-corrected chi connectivity index (χ2v) is 8.43. The number of carbonyl (C=O) groups is 1. The van der Waals surface area contributed by atoms with Crippen molar-refractivity contribution in [3.8, 4) is 5.75 Å². The van der Waals surface area contributed by atoms with Crippen LogP contribution >= 0.6 is 0 Å². The standard InChI is InChI=1S/C16H12N2O8S2.Cr.Na.3H2O/c19-14-6-5-9(27(21,22)23)7-12(14)17-18-13-8-15(28(24,25)26)10-3-1-2-4-11(10)16(13)20;;;;;/h1-8,17,19H,(H,21,22,23)(H,24,25,26);;;3*1H2/q;;+1;;;. The van der Waals surface area contributed by atoms with Crippen molar-refractivity contribution in [2.75, 3.05) is 5.43 Å². The second kappa shape index (κ2) is 13.3. The van der Waals surface area contributed by atoms with Gasteiger partial charge in [-0.1, -0.05) is 24.3 Å². The van der Waals surface area contributed by atoms with Gasteiger partial charge in [-0.25, -0.2) is 0 Å². The number of benzene rings is 2. The molecule has 2 aromatic carbocycles. The van der Waals surface area contributed by atoms with E-state index in [0.717, 1.165) is 24.3 Å². The molecule has 3 rings (SSSR count). The Hall–Kier alpha value is -1.65. The average molecular weight is 553 g/mol. The first kappa shape index (κ1) is 35.9. The van der Waals surface area contributed by atoms with Gasteiger partial charge >= 0.3 is 29.6 Å². The Bertz CT molecular complexity index is 1280. The van der Waals surface area contributed by atoms with Gasteiger partial charge in [-0.15, -0.1) is 0 Å². The van der Waals surface area contributed by atoms with Gasteiger partial charge in [-0.05, 0) is 24.3 Å². The molecule has 0 aliphatic heterocycles. The van der Waals surface area contributed by atoms with Crippen LogP contribution < -0.4 is 35.0 Å². The molecule has 0 saturated carbocycles. The fourth-order valence-electron chi connectivity index (χ4n) is 2.48. The molecule has 13 nitrogen and oxygen atoms in total. The topological polar surface area (TPSA) is 265 Å². The number of phenolic OH excluding ortho intramolecular Hbond substituents is 1. The third-order valence-electron chi connectivity index (χ3n) is 3.78. The fraction of sp³-hybridized carbons (Fsp3) is 0. The number of nitrogens with zero attached hydrogens (tertiary/aromatic N) is 1. The summed E-state index contributed by atoms with van der Waals surface area (Å²) in [5, 5.41) is 13.5. The molecule has 17 heteroatoms. The number of hydrazone groups is 1. The van der Waals surface area contributed by atoms with Crippen molar-refractivity contribution < 1.29 is 99.2 Å². The zero-order valence-corrected chi connectivity index (χ0v) is 21.6. The van der Waals surface area contributed by atoms with Crippen molar-refractivity contribution in [2.24, 2.45) is 5.10 Å². The van der Waals surface area contributed by atoms with E-state index in [2.05, 4.69) is 10.5 Å². The van der Waals surface area contributed by atoms with E-state index in [1.54, 1.807) is 0 Å². The molecule has 0 saturated heterocycles. The Kier molecular flexibility index (Phi) is 14.5. The molecular weight excluding hydrogens is 535 g/mol. The van der Waals surface area contributed by atoms with Crippen LogP contribution in [0.4, 0.5) is 5.69 Å². The molecular formula is C16H18CrN2NaO11S2+. The van der Waals surface area contributed by atoms with E-state index in [9.17, 15) is 31.3 Å². The molecule has 0 amide bonds. The molecule has 176 valence electrons. The van der Waals surface area contributed by atoms with Gasteiger partial charge in [0.15, 0.2) is 0 Å². The first-order valence-corrected chi connectivity index (χ1v) is 10.3. The summed E-state index contributed by atoms with van der Waals surface area (Å²) in [6.45, 7) is 0. The van der Waals surface area contributed by atoms with E-state index < -0.39 is 47.3 Å². The number of allylic oxidation sites excluding steroid dienone is 1. The summed E-state index contributed by atoms with van der Waals surface area (Å²) in [7, 11) is -9.23. The summed E-state index contributed by atoms with van der Waals surface area (Å²) in [6, 6.07) is 8.47. The van der Waals surface area contributed by atoms with Crippen LogP contribution in [0.1, 0.15) is 15.9 Å². The van der Waals surface area contributed by atoms with Gasteiger partial charge < -0.3 is 21.5 Å². The average Bonchev–Trinajstić information content (AvgIpc) is 2.60. The van der Waals surface area contributed by atoms with E-state index in [0.29, 0.717) is 0 Å². The summed E-state index contributed by atoms with van der Waals surface area (Å²) in [6.07, 6.45) is 0.844. The fourth-order valence-corrected chi connectivity index (χ4v) is 3.71. The Morgan fingerprint density at radius 3 is 1.91 bits per heavy atom. The van der Waals surface area contributed by atoms with Crippen molar-refractivity contribution in [3.05, 3.63) is 59.7 Å². The zero-order chi connectivity index (χ0) is 20.7. The number of hydrogen-bond donors (Lipinski definition) is 4. The predicted molar refractivity (Wildman–Crippen MR) is 110 cm³/mol. The summed E-state index contributed by atoms with van der Waals surface area (Å²) < 4.78 is 64.2. The molecule has 0 heterocycles. The van der Waals surface area contributed by atoms with Gasteiger partial charge in [0.2, 0.25) is 5.78 Å². The SMILES string of the molecule is O.O.O.O=C1C(=NNc2cc(S(=O)(=O)O)ccc2O)C=C(S(=O)(=O)O)c2ccccc21.[Cr].[Na+]. The normalized spacial score (nSPS) is 13.5. The van der Waals surface area contributed by atoms with Gasteiger partial charge in [0.1, 0.15) is 16.4 Å². The molecule has 1 aliphatic rings. The molecule has 0 fully saturated rings. The van der Waals surface area contributed by atoms with Crippen LogP contribution in [0.5, 0.6) is 5.75 Å². The number of nitrogens with one attached hydrogen (secondary N) is 1. The molecule has 0 unspecified atom stereocenters. The third-order valence-corrected chi connectivity index (χ3v) is 5.52. The molecule has 33 heavy (non-hydrogen) atoms. The molecule has 0 radical (unpaired) electrons. The first-order valence-electron chi connectivity index (χ1n) is 7.46. The molecule has 10 N–H and O–H groups in total. The molecule has 0 atom stereocenters. The van der Waals surface area contributed by atoms with Crippen LogP contribution in [0.2, 0.25) is 0 Å². The van der Waals surface area contributed by atoms with E-state index in [4.69, 9.17) is 4.55 Å². The third kappa shape index (κ3) is 7.96. The summed E-state index contributed by atoms with van der Waals surface area (Å²) in [4.78, 5) is 11.4. The van der Waals surface area contributed by atoms with Crippen LogP contribution in [0.15, 0.2) is 58.5 Å². The van der Waals surface area contributed by atoms with Gasteiger partial charge in [0.05, 0.1) is 10.6 Å². The number of hydrogen-bond acceptors (Lipinski definition) is 8. The van der Waals surface area contributed by atoms with Gasteiger partial charge in [-0.3, -0.25) is 19.3 Å². The maximum atomic E-state index is 12.5. The maximum absolute atomic E-state index is 12.5. The number of Topliss-reactive ketones (excluding diaryl/α,β-unsaturated/α-hetero) is 1. The van der Waals surface area contributed by atoms with Gasteiger partial charge in [0, 0.05) is 28.5 Å². The van der Waals surface area contributed by atoms with E-state index in [-0.39, 0.29) is 80.2 Å². The van der Waals surface area contributed by atoms with Crippen molar-refractivity contribution in [2.45, 2.75) is 4.90 Å². The summed E-state index contributed by atoms with van der Waals surface area (Å²) in [5.74, 6) is -1.11. The van der Waals surface area contributed by atoms with E-state index >= 15 is 0 Å². The number of fused-ring (bicyclic) bond motifs is 1. The Labute approximate surface area is 221 Å². The minimum atomic E-state index is -4.67. The van der Waals surface area contributed by atoms with Gasteiger partial charge in [0.25, 0.3) is 20.2 Å². The van der Waals surface area contributed by atoms with Crippen molar-refractivity contribution >= 4 is 42.3 Å². The Morgan fingerprint density at radius 2 is 1.39 bits per heavy atom. The quantitative estimate of drug-likeness (QED) is 0.124. The van der Waals surface area contributed by atoms with Crippen molar-refractivity contribution in [3.63, 3.8) is 0 Å². The minimum absolute atomic E-state index is 0. The molecule has 0 spiro atoms. The van der Waals surface area contributed by atoms with Gasteiger partial charge in [-0.2, -0.15) is 21.9 Å². The van der Waals surface area contributed by atoms with Crippen molar-refractivity contribution in [1.29, 1.82) is 0 Å². The summed E-state index contributed by atoms with van der Waals surface area (Å²) in [5.41, 5.74) is 1.55. The molecule has 0 aromatic heterocycles. The zero-order valence-electron chi connectivity index (χ0n) is 16.7. The number of rotatable bonds is 4. The number of carbonyl (C=O) groups excluding carboxylic acids is 1. The Balaban J connectivity index is -0.00000180. The molecule has 0 bridgehead atoms. The molecule has 1 aliphatic carbocycles. The number of anilines is 1. The van der Waals surface area contributed by atoms with E-state index in [1.807, 2.05) is 0 Å².